The van der Waals surface area contributed by atoms with Crippen LogP contribution in [0.15, 0.2) is 24.3 Å². The topological polar surface area (TPSA) is 38.1 Å². The van der Waals surface area contributed by atoms with Crippen LogP contribution in [0.25, 0.3) is 0 Å². The van der Waals surface area contributed by atoms with Crippen LogP contribution in [0.2, 0.25) is 0 Å². The summed E-state index contributed by atoms with van der Waals surface area (Å²) >= 11 is 0. The highest BCUT2D eigenvalue weighted by Crippen LogP contribution is 2.32. The third-order valence-corrected chi connectivity index (χ3v) is 4.83. The summed E-state index contributed by atoms with van der Waals surface area (Å²) in [6, 6.07) is 7.00. The predicted molar refractivity (Wildman–Crippen MR) is 93.0 cm³/mol. The predicted octanol–water partition coefficient (Wildman–Crippen LogP) is 4.13. The van der Waals surface area contributed by atoms with E-state index in [0.29, 0.717) is 12.2 Å². The zero-order valence-electron chi connectivity index (χ0n) is 15.1. The summed E-state index contributed by atoms with van der Waals surface area (Å²) in [7, 11) is 0. The van der Waals surface area contributed by atoms with E-state index >= 15 is 0 Å². The SMILES string of the molecule is Cc1cccc2c1N(C(=O)C(C)Cn1nc(C(F)(F)F)cc1C)CCC2. The normalized spacial score (nSPS) is 15.7. The number of para-hydroxylation sites is 1. The molecule has 0 aliphatic carbocycles. The molecule has 1 amide bonds. The Hall–Kier alpha value is -2.31. The van der Waals surface area contributed by atoms with Crippen molar-refractivity contribution in [3.8, 4) is 0 Å². The molecule has 1 atom stereocenters. The smallest absolute Gasteiger partial charge is 0.312 e. The number of benzene rings is 1. The summed E-state index contributed by atoms with van der Waals surface area (Å²) < 4.78 is 39.8. The molecule has 2 aromatic rings. The van der Waals surface area contributed by atoms with Gasteiger partial charge in [-0.3, -0.25) is 9.48 Å². The maximum Gasteiger partial charge on any atom is 0.435 e. The number of hydrogen-bond donors (Lipinski definition) is 0. The Morgan fingerprint density at radius 1 is 1.31 bits per heavy atom. The summed E-state index contributed by atoms with van der Waals surface area (Å²) in [5.74, 6) is -0.552. The molecule has 7 heteroatoms. The molecule has 3 rings (SSSR count). The molecule has 26 heavy (non-hydrogen) atoms. The van der Waals surface area contributed by atoms with Crippen LogP contribution in [0.3, 0.4) is 0 Å². The lowest BCUT2D eigenvalue weighted by Gasteiger charge is -2.33. The van der Waals surface area contributed by atoms with E-state index in [1.165, 1.54) is 4.68 Å². The van der Waals surface area contributed by atoms with Crippen LogP contribution in [0.4, 0.5) is 18.9 Å². The Morgan fingerprint density at radius 3 is 2.69 bits per heavy atom. The number of hydrogen-bond acceptors (Lipinski definition) is 2. The van der Waals surface area contributed by atoms with Gasteiger partial charge in [0.1, 0.15) is 0 Å². The molecule has 1 aromatic heterocycles. The number of aromatic nitrogens is 2. The zero-order chi connectivity index (χ0) is 19.1. The molecule has 1 aromatic carbocycles. The van der Waals surface area contributed by atoms with Crippen LogP contribution in [-0.4, -0.2) is 22.2 Å². The van der Waals surface area contributed by atoms with E-state index in [-0.39, 0.29) is 12.5 Å². The minimum absolute atomic E-state index is 0.0799. The molecule has 0 spiro atoms. The molecule has 1 aliphatic heterocycles. The van der Waals surface area contributed by atoms with E-state index in [4.69, 9.17) is 0 Å². The maximum absolute atomic E-state index is 13.0. The highest BCUT2D eigenvalue weighted by molar-refractivity contribution is 5.96. The second-order valence-corrected chi connectivity index (χ2v) is 6.93. The van der Waals surface area contributed by atoms with E-state index in [1.807, 2.05) is 25.1 Å². The van der Waals surface area contributed by atoms with Crippen molar-refractivity contribution in [2.45, 2.75) is 46.3 Å². The van der Waals surface area contributed by atoms with Crippen LogP contribution in [0.5, 0.6) is 0 Å². The number of aryl methyl sites for hydroxylation is 3. The highest BCUT2D eigenvalue weighted by atomic mass is 19.4. The lowest BCUT2D eigenvalue weighted by Crippen LogP contribution is -2.40. The van der Waals surface area contributed by atoms with Crippen LogP contribution in [0, 0.1) is 19.8 Å². The first-order chi connectivity index (χ1) is 12.2. The van der Waals surface area contributed by atoms with E-state index in [2.05, 4.69) is 5.10 Å². The molecule has 2 heterocycles. The summed E-state index contributed by atoms with van der Waals surface area (Å²) in [6.07, 6.45) is -2.66. The van der Waals surface area contributed by atoms with Gasteiger partial charge in [-0.25, -0.2) is 0 Å². The van der Waals surface area contributed by atoms with Crippen molar-refractivity contribution in [2.24, 2.45) is 5.92 Å². The number of halogens is 3. The van der Waals surface area contributed by atoms with Crippen molar-refractivity contribution < 1.29 is 18.0 Å². The summed E-state index contributed by atoms with van der Waals surface area (Å²) in [6.45, 7) is 6.04. The van der Waals surface area contributed by atoms with Gasteiger partial charge < -0.3 is 4.90 Å². The van der Waals surface area contributed by atoms with Crippen molar-refractivity contribution >= 4 is 11.6 Å². The molecule has 1 aliphatic rings. The Kier molecular flexibility index (Phi) is 4.82. The Morgan fingerprint density at radius 2 is 2.04 bits per heavy atom. The molecule has 0 radical (unpaired) electrons. The van der Waals surface area contributed by atoms with Crippen LogP contribution in [0.1, 0.15) is 35.9 Å². The fourth-order valence-electron chi connectivity index (χ4n) is 3.50. The Balaban J connectivity index is 1.81. The van der Waals surface area contributed by atoms with Gasteiger partial charge in [0.2, 0.25) is 5.91 Å². The largest absolute Gasteiger partial charge is 0.435 e. The van der Waals surface area contributed by atoms with Crippen LogP contribution in [-0.2, 0) is 23.9 Å². The zero-order valence-corrected chi connectivity index (χ0v) is 15.1. The molecule has 1 unspecified atom stereocenters. The van der Waals surface area contributed by atoms with Gasteiger partial charge in [-0.2, -0.15) is 18.3 Å². The monoisotopic (exact) mass is 365 g/mol. The van der Waals surface area contributed by atoms with Gasteiger partial charge in [-0.05, 0) is 43.9 Å². The van der Waals surface area contributed by atoms with Crippen LogP contribution >= 0.6 is 0 Å². The van der Waals surface area contributed by atoms with Gasteiger partial charge in [0.05, 0.1) is 12.5 Å². The standard InChI is InChI=1S/C19H22F3N3O/c1-12-6-4-7-15-8-5-9-24(17(12)15)18(26)13(2)11-25-14(3)10-16(23-25)19(20,21)22/h4,6-7,10,13H,5,8-9,11H2,1-3H3. The van der Waals surface area contributed by atoms with Gasteiger partial charge in [0.25, 0.3) is 0 Å². The van der Waals surface area contributed by atoms with Gasteiger partial charge >= 0.3 is 6.18 Å². The molecule has 0 fully saturated rings. The Bertz CT molecular complexity index is 826. The summed E-state index contributed by atoms with van der Waals surface area (Å²) in [5, 5.41) is 3.63. The van der Waals surface area contributed by atoms with Gasteiger partial charge in [-0.1, -0.05) is 25.1 Å². The molecular weight excluding hydrogens is 343 g/mol. The first kappa shape index (κ1) is 18.5. The first-order valence-corrected chi connectivity index (χ1v) is 8.70. The van der Waals surface area contributed by atoms with Gasteiger partial charge in [0, 0.05) is 17.9 Å². The average molecular weight is 365 g/mol. The lowest BCUT2D eigenvalue weighted by atomic mass is 9.97. The van der Waals surface area contributed by atoms with E-state index < -0.39 is 17.8 Å². The first-order valence-electron chi connectivity index (χ1n) is 8.70. The molecular formula is C19H22F3N3O. The average Bonchev–Trinajstić information content (AvgIpc) is 2.95. The molecule has 0 N–H and O–H groups in total. The minimum Gasteiger partial charge on any atom is -0.312 e. The molecule has 4 nitrogen and oxygen atoms in total. The van der Waals surface area contributed by atoms with Crippen molar-refractivity contribution in [3.63, 3.8) is 0 Å². The number of alkyl halides is 3. The molecule has 140 valence electrons. The van der Waals surface area contributed by atoms with E-state index in [9.17, 15) is 18.0 Å². The number of rotatable bonds is 3. The van der Waals surface area contributed by atoms with Crippen LogP contribution < -0.4 is 4.90 Å². The lowest BCUT2D eigenvalue weighted by molar-refractivity contribution is -0.141. The van der Waals surface area contributed by atoms with Crippen molar-refractivity contribution in [3.05, 3.63) is 46.8 Å². The van der Waals surface area contributed by atoms with Gasteiger partial charge in [0.15, 0.2) is 5.69 Å². The number of anilines is 1. The molecule has 0 saturated heterocycles. The fraction of sp³-hybridized carbons (Fsp3) is 0.474. The van der Waals surface area contributed by atoms with E-state index in [1.54, 1.807) is 18.7 Å². The third-order valence-electron chi connectivity index (χ3n) is 4.83. The third kappa shape index (κ3) is 3.48. The number of amides is 1. The highest BCUT2D eigenvalue weighted by Gasteiger charge is 2.35. The number of nitrogens with zero attached hydrogens (tertiary/aromatic N) is 3. The molecule has 0 saturated carbocycles. The minimum atomic E-state index is -4.48. The van der Waals surface area contributed by atoms with Crippen molar-refractivity contribution in [2.75, 3.05) is 11.4 Å². The van der Waals surface area contributed by atoms with E-state index in [0.717, 1.165) is 35.7 Å². The number of carbonyl (C=O) groups excluding carboxylic acids is 1. The number of carbonyl (C=O) groups is 1. The second kappa shape index (κ2) is 6.78. The summed E-state index contributed by atoms with van der Waals surface area (Å²) in [5.41, 5.74) is 2.61. The Labute approximate surface area is 150 Å². The van der Waals surface area contributed by atoms with Crippen molar-refractivity contribution in [1.29, 1.82) is 0 Å². The quantitative estimate of drug-likeness (QED) is 0.820. The molecule has 0 bridgehead atoms. The second-order valence-electron chi connectivity index (χ2n) is 6.93. The summed E-state index contributed by atoms with van der Waals surface area (Å²) in [4.78, 5) is 14.8. The van der Waals surface area contributed by atoms with Gasteiger partial charge in [-0.15, -0.1) is 0 Å². The van der Waals surface area contributed by atoms with Crippen molar-refractivity contribution in [1.82, 2.24) is 9.78 Å². The maximum atomic E-state index is 13.0. The fourth-order valence-corrected chi connectivity index (χ4v) is 3.50. The number of fused-ring (bicyclic) bond motifs is 1.